The van der Waals surface area contributed by atoms with Crippen LogP contribution in [-0.2, 0) is 10.0 Å². The second-order valence-electron chi connectivity index (χ2n) is 4.39. The van der Waals surface area contributed by atoms with Crippen molar-refractivity contribution in [2.24, 2.45) is 0 Å². The van der Waals surface area contributed by atoms with Crippen molar-refractivity contribution in [1.82, 2.24) is 10.2 Å². The van der Waals surface area contributed by atoms with Gasteiger partial charge in [0.15, 0.2) is 11.6 Å². The Hall–Kier alpha value is -1.86. The van der Waals surface area contributed by atoms with E-state index in [0.717, 1.165) is 11.3 Å². The van der Waals surface area contributed by atoms with Gasteiger partial charge < -0.3 is 5.32 Å². The van der Waals surface area contributed by atoms with Gasteiger partial charge in [-0.15, -0.1) is 10.2 Å². The molecule has 0 fully saturated rings. The number of nitrogens with zero attached hydrogens (tertiary/aromatic N) is 2. The smallest absolute Gasteiger partial charge is 0.233 e. The minimum absolute atomic E-state index is 0.0152. The average molecular weight is 327 g/mol. The van der Waals surface area contributed by atoms with E-state index in [9.17, 15) is 8.42 Å². The van der Waals surface area contributed by atoms with Gasteiger partial charge in [-0.05, 0) is 49.7 Å². The van der Waals surface area contributed by atoms with Gasteiger partial charge in [0, 0.05) is 10.7 Å². The van der Waals surface area contributed by atoms with Crippen molar-refractivity contribution in [2.45, 2.75) is 13.8 Å². The molecule has 0 saturated heterocycles. The quantitative estimate of drug-likeness (QED) is 0.882. The number of aromatic nitrogens is 2. The van der Waals surface area contributed by atoms with E-state index >= 15 is 0 Å². The van der Waals surface area contributed by atoms with E-state index in [0.29, 0.717) is 10.8 Å². The Morgan fingerprint density at radius 1 is 1.14 bits per heavy atom. The van der Waals surface area contributed by atoms with Crippen LogP contribution in [0.3, 0.4) is 0 Å². The zero-order valence-corrected chi connectivity index (χ0v) is 13.2. The first kappa shape index (κ1) is 15.5. The summed E-state index contributed by atoms with van der Waals surface area (Å²) in [7, 11) is -3.34. The van der Waals surface area contributed by atoms with E-state index in [1.165, 1.54) is 0 Å². The molecule has 2 aromatic rings. The lowest BCUT2D eigenvalue weighted by Crippen LogP contribution is -2.15. The van der Waals surface area contributed by atoms with Crippen LogP contribution < -0.4 is 10.0 Å². The maximum absolute atomic E-state index is 11.4. The summed E-state index contributed by atoms with van der Waals surface area (Å²) in [5, 5.41) is 11.5. The van der Waals surface area contributed by atoms with Crippen LogP contribution in [-0.4, -0.2) is 24.4 Å². The third-order valence-corrected chi connectivity index (χ3v) is 4.27. The molecule has 0 amide bonds. The molecule has 1 aromatic carbocycles. The maximum atomic E-state index is 11.4. The van der Waals surface area contributed by atoms with Crippen molar-refractivity contribution in [2.75, 3.05) is 15.8 Å². The largest absolute Gasteiger partial charge is 0.339 e. The second-order valence-corrected chi connectivity index (χ2v) is 6.84. The second kappa shape index (κ2) is 6.28. The summed E-state index contributed by atoms with van der Waals surface area (Å²) >= 11 is 5.90. The van der Waals surface area contributed by atoms with Crippen LogP contribution in [0.25, 0.3) is 0 Å². The standard InChI is InChI=1S/C13H15ClN4O2S/c1-3-21(19,20)18-13-7-6-12(16-17-13)15-11-5-4-10(14)8-9(11)2/h4-8H,3H2,1-2H3,(H,15,16)(H,17,18). The van der Waals surface area contributed by atoms with Gasteiger partial charge in [-0.25, -0.2) is 8.42 Å². The molecule has 6 nitrogen and oxygen atoms in total. The van der Waals surface area contributed by atoms with E-state index < -0.39 is 10.0 Å². The molecule has 0 atom stereocenters. The molecular weight excluding hydrogens is 312 g/mol. The molecule has 0 spiro atoms. The van der Waals surface area contributed by atoms with Gasteiger partial charge in [0.25, 0.3) is 0 Å². The molecule has 1 heterocycles. The van der Waals surface area contributed by atoms with Crippen LogP contribution >= 0.6 is 11.6 Å². The summed E-state index contributed by atoms with van der Waals surface area (Å²) in [6, 6.07) is 8.64. The number of halogens is 1. The number of rotatable bonds is 5. The molecular formula is C13H15ClN4O2S. The van der Waals surface area contributed by atoms with Gasteiger partial charge in [0.1, 0.15) is 0 Å². The molecule has 0 aliphatic heterocycles. The van der Waals surface area contributed by atoms with Crippen LogP contribution in [0, 0.1) is 6.92 Å². The number of aryl methyl sites for hydroxylation is 1. The number of hydrogen-bond acceptors (Lipinski definition) is 5. The van der Waals surface area contributed by atoms with Crippen LogP contribution in [0.5, 0.6) is 0 Å². The fraction of sp³-hybridized carbons (Fsp3) is 0.231. The Kier molecular flexibility index (Phi) is 4.64. The van der Waals surface area contributed by atoms with Gasteiger partial charge >= 0.3 is 0 Å². The van der Waals surface area contributed by atoms with Crippen molar-refractivity contribution in [1.29, 1.82) is 0 Å². The Morgan fingerprint density at radius 2 is 1.81 bits per heavy atom. The van der Waals surface area contributed by atoms with Crippen LogP contribution in [0.1, 0.15) is 12.5 Å². The third-order valence-electron chi connectivity index (χ3n) is 2.76. The van der Waals surface area contributed by atoms with Gasteiger partial charge in [0.2, 0.25) is 10.0 Å². The molecule has 0 saturated carbocycles. The van der Waals surface area contributed by atoms with Gasteiger partial charge in [0.05, 0.1) is 5.75 Å². The first-order valence-electron chi connectivity index (χ1n) is 6.27. The first-order valence-corrected chi connectivity index (χ1v) is 8.30. The lowest BCUT2D eigenvalue weighted by atomic mass is 10.2. The SMILES string of the molecule is CCS(=O)(=O)Nc1ccc(Nc2ccc(Cl)cc2C)nn1. The topological polar surface area (TPSA) is 84.0 Å². The molecule has 2 N–H and O–H groups in total. The number of hydrogen-bond donors (Lipinski definition) is 2. The zero-order valence-electron chi connectivity index (χ0n) is 11.6. The number of nitrogens with one attached hydrogen (secondary N) is 2. The molecule has 0 aliphatic carbocycles. The summed E-state index contributed by atoms with van der Waals surface area (Å²) in [6.07, 6.45) is 0. The van der Waals surface area contributed by atoms with E-state index in [2.05, 4.69) is 20.2 Å². The Labute approximate surface area is 128 Å². The maximum Gasteiger partial charge on any atom is 0.233 e. The zero-order chi connectivity index (χ0) is 15.5. The first-order chi connectivity index (χ1) is 9.89. The van der Waals surface area contributed by atoms with Gasteiger partial charge in [-0.1, -0.05) is 11.6 Å². The predicted molar refractivity (Wildman–Crippen MR) is 84.6 cm³/mol. The van der Waals surface area contributed by atoms with Crippen molar-refractivity contribution in [3.05, 3.63) is 40.9 Å². The average Bonchev–Trinajstić information content (AvgIpc) is 2.44. The Balaban J connectivity index is 2.12. The molecule has 21 heavy (non-hydrogen) atoms. The summed E-state index contributed by atoms with van der Waals surface area (Å²) in [4.78, 5) is 0. The van der Waals surface area contributed by atoms with Gasteiger partial charge in [-0.3, -0.25) is 4.72 Å². The number of benzene rings is 1. The summed E-state index contributed by atoms with van der Waals surface area (Å²) in [6.45, 7) is 3.47. The molecule has 0 radical (unpaired) electrons. The fourth-order valence-electron chi connectivity index (χ4n) is 1.59. The highest BCUT2D eigenvalue weighted by molar-refractivity contribution is 7.92. The minimum Gasteiger partial charge on any atom is -0.339 e. The highest BCUT2D eigenvalue weighted by Gasteiger charge is 2.08. The van der Waals surface area contributed by atoms with Gasteiger partial charge in [-0.2, -0.15) is 0 Å². The normalized spacial score (nSPS) is 11.2. The number of sulfonamides is 1. The summed E-state index contributed by atoms with van der Waals surface area (Å²) in [5.41, 5.74) is 1.83. The molecule has 0 aliphatic rings. The molecule has 2 rings (SSSR count). The molecule has 8 heteroatoms. The summed E-state index contributed by atoms with van der Waals surface area (Å²) < 4.78 is 25.2. The molecule has 1 aromatic heterocycles. The predicted octanol–water partition coefficient (Wildman–Crippen LogP) is 2.94. The van der Waals surface area contributed by atoms with Crippen molar-refractivity contribution >= 4 is 38.9 Å². The molecule has 112 valence electrons. The lowest BCUT2D eigenvalue weighted by Gasteiger charge is -2.09. The van der Waals surface area contributed by atoms with Crippen LogP contribution in [0.15, 0.2) is 30.3 Å². The Bertz CT molecular complexity index is 732. The van der Waals surface area contributed by atoms with Crippen LogP contribution in [0.2, 0.25) is 5.02 Å². The summed E-state index contributed by atoms with van der Waals surface area (Å²) in [5.74, 6) is 0.689. The van der Waals surface area contributed by atoms with E-state index in [1.54, 1.807) is 25.1 Å². The van der Waals surface area contributed by atoms with Crippen LogP contribution in [0.4, 0.5) is 17.3 Å². The van der Waals surface area contributed by atoms with Crippen molar-refractivity contribution in [3.63, 3.8) is 0 Å². The van der Waals surface area contributed by atoms with E-state index in [4.69, 9.17) is 11.6 Å². The minimum atomic E-state index is -3.34. The molecule has 0 unspecified atom stereocenters. The van der Waals surface area contributed by atoms with Crippen molar-refractivity contribution in [3.8, 4) is 0 Å². The highest BCUT2D eigenvalue weighted by Crippen LogP contribution is 2.22. The fourth-order valence-corrected chi connectivity index (χ4v) is 2.39. The number of anilines is 3. The molecule has 0 bridgehead atoms. The lowest BCUT2D eigenvalue weighted by molar-refractivity contribution is 0.602. The monoisotopic (exact) mass is 326 g/mol. The third kappa shape index (κ3) is 4.30. The van der Waals surface area contributed by atoms with E-state index in [1.807, 2.05) is 19.1 Å². The highest BCUT2D eigenvalue weighted by atomic mass is 35.5. The Morgan fingerprint density at radius 3 is 2.38 bits per heavy atom. The van der Waals surface area contributed by atoms with Crippen molar-refractivity contribution < 1.29 is 8.42 Å². The van der Waals surface area contributed by atoms with E-state index in [-0.39, 0.29) is 11.6 Å².